The summed E-state index contributed by atoms with van der Waals surface area (Å²) in [4.78, 5) is 8.58. The molecule has 0 aliphatic heterocycles. The molecule has 0 fully saturated rings. The molecule has 0 unspecified atom stereocenters. The molecule has 0 N–H and O–H groups in total. The second-order valence-electron chi connectivity index (χ2n) is 5.69. The molecule has 0 saturated heterocycles. The maximum absolute atomic E-state index is 6.61. The Morgan fingerprint density at radius 2 is 1.83 bits per heavy atom. The lowest BCUT2D eigenvalue weighted by Crippen LogP contribution is -2.14. The van der Waals surface area contributed by atoms with Gasteiger partial charge in [0.05, 0.1) is 29.8 Å². The molecule has 2 aromatic rings. The summed E-state index contributed by atoms with van der Waals surface area (Å²) < 4.78 is 5.21. The standard InChI is InChI=1S/C19H24ClN3O/c1-6-22(3)13-21-17-11-14(2)12-18(19(17)20)23(4)15-7-9-16(24-5)10-8-15/h7-13H,6H2,1-5H3. The molecule has 0 bridgehead atoms. The minimum atomic E-state index is 0.639. The number of hydrogen-bond acceptors (Lipinski definition) is 3. The van der Waals surface area contributed by atoms with Crippen molar-refractivity contribution in [2.45, 2.75) is 13.8 Å². The van der Waals surface area contributed by atoms with Gasteiger partial charge in [-0.2, -0.15) is 0 Å². The Bertz CT molecular complexity index is 713. The minimum absolute atomic E-state index is 0.639. The number of rotatable bonds is 6. The predicted molar refractivity (Wildman–Crippen MR) is 104 cm³/mol. The van der Waals surface area contributed by atoms with E-state index < -0.39 is 0 Å². The molecule has 24 heavy (non-hydrogen) atoms. The van der Waals surface area contributed by atoms with E-state index in [0.29, 0.717) is 5.02 Å². The van der Waals surface area contributed by atoms with Crippen LogP contribution in [0.15, 0.2) is 41.4 Å². The number of ether oxygens (including phenoxy) is 1. The SMILES string of the molecule is CCN(C)C=Nc1cc(C)cc(N(C)c2ccc(OC)cc2)c1Cl. The molecule has 0 saturated carbocycles. The van der Waals surface area contributed by atoms with Gasteiger partial charge in [-0.3, -0.25) is 0 Å². The fourth-order valence-electron chi connectivity index (χ4n) is 2.26. The van der Waals surface area contributed by atoms with Crippen LogP contribution in [-0.2, 0) is 0 Å². The number of anilines is 2. The van der Waals surface area contributed by atoms with Crippen molar-refractivity contribution in [1.82, 2.24) is 4.90 Å². The second kappa shape index (κ2) is 8.06. The van der Waals surface area contributed by atoms with Gasteiger partial charge in [0.15, 0.2) is 0 Å². The fourth-order valence-corrected chi connectivity index (χ4v) is 2.54. The van der Waals surface area contributed by atoms with Crippen molar-refractivity contribution in [2.24, 2.45) is 4.99 Å². The van der Waals surface area contributed by atoms with Crippen molar-refractivity contribution in [1.29, 1.82) is 0 Å². The van der Waals surface area contributed by atoms with E-state index >= 15 is 0 Å². The summed E-state index contributed by atoms with van der Waals surface area (Å²) in [5.41, 5.74) is 3.84. The summed E-state index contributed by atoms with van der Waals surface area (Å²) in [6, 6.07) is 11.9. The summed E-state index contributed by atoms with van der Waals surface area (Å²) in [5.74, 6) is 0.829. The molecule has 0 aromatic heterocycles. The largest absolute Gasteiger partial charge is 0.497 e. The molecule has 0 amide bonds. The van der Waals surface area contributed by atoms with Gasteiger partial charge < -0.3 is 14.5 Å². The summed E-state index contributed by atoms with van der Waals surface area (Å²) in [7, 11) is 5.64. The van der Waals surface area contributed by atoms with Crippen molar-refractivity contribution in [2.75, 3.05) is 32.6 Å². The van der Waals surface area contributed by atoms with Crippen molar-refractivity contribution in [3.8, 4) is 5.75 Å². The van der Waals surface area contributed by atoms with E-state index in [1.165, 1.54) is 0 Å². The molecule has 128 valence electrons. The zero-order valence-electron chi connectivity index (χ0n) is 14.9. The quantitative estimate of drug-likeness (QED) is 0.542. The molecule has 2 aromatic carbocycles. The Balaban J connectivity index is 2.38. The van der Waals surface area contributed by atoms with Gasteiger partial charge in [-0.25, -0.2) is 4.99 Å². The normalized spacial score (nSPS) is 10.9. The number of nitrogens with zero attached hydrogens (tertiary/aromatic N) is 3. The van der Waals surface area contributed by atoms with E-state index in [1.807, 2.05) is 56.3 Å². The summed E-state index contributed by atoms with van der Waals surface area (Å²) in [5, 5.41) is 0.639. The van der Waals surface area contributed by atoms with Crippen LogP contribution >= 0.6 is 11.6 Å². The van der Waals surface area contributed by atoms with Crippen LogP contribution in [0.4, 0.5) is 17.1 Å². The molecular weight excluding hydrogens is 322 g/mol. The number of aryl methyl sites for hydroxylation is 1. The Kier molecular flexibility index (Phi) is 6.10. The van der Waals surface area contributed by atoms with Crippen molar-refractivity contribution < 1.29 is 4.74 Å². The first kappa shape index (κ1) is 18.1. The highest BCUT2D eigenvalue weighted by Gasteiger charge is 2.13. The topological polar surface area (TPSA) is 28.1 Å². The number of aliphatic imine (C=N–C) groups is 1. The summed E-state index contributed by atoms with van der Waals surface area (Å²) in [6.45, 7) is 5.02. The van der Waals surface area contributed by atoms with Gasteiger partial charge in [0, 0.05) is 26.3 Å². The van der Waals surface area contributed by atoms with Crippen LogP contribution in [0.5, 0.6) is 5.75 Å². The minimum Gasteiger partial charge on any atom is -0.497 e. The lowest BCUT2D eigenvalue weighted by Gasteiger charge is -2.22. The fraction of sp³-hybridized carbons (Fsp3) is 0.316. The molecule has 0 atom stereocenters. The zero-order valence-corrected chi connectivity index (χ0v) is 15.6. The van der Waals surface area contributed by atoms with Crippen LogP contribution in [0.25, 0.3) is 0 Å². The third-order valence-electron chi connectivity index (χ3n) is 3.89. The molecule has 2 rings (SSSR count). The number of methoxy groups -OCH3 is 1. The Morgan fingerprint density at radius 3 is 2.42 bits per heavy atom. The highest BCUT2D eigenvalue weighted by Crippen LogP contribution is 2.38. The Hall–Kier alpha value is -2.20. The van der Waals surface area contributed by atoms with Crippen LogP contribution < -0.4 is 9.64 Å². The van der Waals surface area contributed by atoms with E-state index in [9.17, 15) is 0 Å². The van der Waals surface area contributed by atoms with Crippen molar-refractivity contribution >= 4 is 35.0 Å². The van der Waals surface area contributed by atoms with Crippen LogP contribution in [0.3, 0.4) is 0 Å². The zero-order chi connectivity index (χ0) is 17.7. The molecule has 0 radical (unpaired) electrons. The van der Waals surface area contributed by atoms with Gasteiger partial charge in [-0.1, -0.05) is 11.6 Å². The molecular formula is C19H24ClN3O. The monoisotopic (exact) mass is 345 g/mol. The van der Waals surface area contributed by atoms with Gasteiger partial charge >= 0.3 is 0 Å². The van der Waals surface area contributed by atoms with Gasteiger partial charge in [-0.05, 0) is 55.8 Å². The van der Waals surface area contributed by atoms with Gasteiger partial charge in [0.2, 0.25) is 0 Å². The third kappa shape index (κ3) is 4.20. The number of hydrogen-bond donors (Lipinski definition) is 0. The van der Waals surface area contributed by atoms with Gasteiger partial charge in [0.1, 0.15) is 5.75 Å². The van der Waals surface area contributed by atoms with Crippen LogP contribution in [0.2, 0.25) is 5.02 Å². The van der Waals surface area contributed by atoms with E-state index in [4.69, 9.17) is 16.3 Å². The highest BCUT2D eigenvalue weighted by molar-refractivity contribution is 6.36. The first-order valence-corrected chi connectivity index (χ1v) is 8.26. The first-order valence-electron chi connectivity index (χ1n) is 7.88. The van der Waals surface area contributed by atoms with Crippen LogP contribution in [0.1, 0.15) is 12.5 Å². The average Bonchev–Trinajstić information content (AvgIpc) is 2.61. The number of benzene rings is 2. The van der Waals surface area contributed by atoms with E-state index in [0.717, 1.165) is 34.9 Å². The van der Waals surface area contributed by atoms with E-state index in [2.05, 4.69) is 22.9 Å². The highest BCUT2D eigenvalue weighted by atomic mass is 35.5. The average molecular weight is 346 g/mol. The second-order valence-corrected chi connectivity index (χ2v) is 6.07. The molecule has 0 heterocycles. The summed E-state index contributed by atoms with van der Waals surface area (Å²) in [6.07, 6.45) is 1.80. The maximum atomic E-state index is 6.61. The smallest absolute Gasteiger partial charge is 0.119 e. The third-order valence-corrected chi connectivity index (χ3v) is 4.28. The number of halogens is 1. The lowest BCUT2D eigenvalue weighted by atomic mass is 10.1. The van der Waals surface area contributed by atoms with Gasteiger partial charge in [-0.15, -0.1) is 0 Å². The van der Waals surface area contributed by atoms with Crippen molar-refractivity contribution in [3.05, 3.63) is 47.0 Å². The van der Waals surface area contributed by atoms with Crippen LogP contribution in [0, 0.1) is 6.92 Å². The molecule has 0 aliphatic carbocycles. The lowest BCUT2D eigenvalue weighted by molar-refractivity contribution is 0.415. The Labute approximate surface area is 149 Å². The molecule has 0 aliphatic rings. The van der Waals surface area contributed by atoms with Crippen molar-refractivity contribution in [3.63, 3.8) is 0 Å². The van der Waals surface area contributed by atoms with Gasteiger partial charge in [0.25, 0.3) is 0 Å². The van der Waals surface area contributed by atoms with E-state index in [-0.39, 0.29) is 0 Å². The first-order chi connectivity index (χ1) is 11.5. The Morgan fingerprint density at radius 1 is 1.17 bits per heavy atom. The predicted octanol–water partition coefficient (Wildman–Crippen LogP) is 5.04. The summed E-state index contributed by atoms with van der Waals surface area (Å²) >= 11 is 6.61. The van der Waals surface area contributed by atoms with E-state index in [1.54, 1.807) is 13.4 Å². The molecule has 5 heteroatoms. The molecule has 0 spiro atoms. The maximum Gasteiger partial charge on any atom is 0.119 e. The van der Waals surface area contributed by atoms with Crippen LogP contribution in [-0.4, -0.2) is 39.0 Å². The molecule has 4 nitrogen and oxygen atoms in total.